The Balaban J connectivity index is 0.875. The van der Waals surface area contributed by atoms with Crippen LogP contribution in [0.2, 0.25) is 0 Å². The fourth-order valence-corrected chi connectivity index (χ4v) is 9.67. The first-order chi connectivity index (χ1) is 25.2. The van der Waals surface area contributed by atoms with Gasteiger partial charge in [0.2, 0.25) is 0 Å². The molecular formula is C45H52N4O3. The molecule has 4 aromatic rings. The van der Waals surface area contributed by atoms with Crippen molar-refractivity contribution in [3.63, 3.8) is 0 Å². The minimum atomic E-state index is -1.03. The Morgan fingerprint density at radius 3 is 2.44 bits per heavy atom. The lowest BCUT2D eigenvalue weighted by atomic mass is 9.53. The Labute approximate surface area is 308 Å². The number of benzene rings is 2. The number of aromatic hydroxyl groups is 1. The van der Waals surface area contributed by atoms with E-state index in [1.54, 1.807) is 0 Å². The van der Waals surface area contributed by atoms with Crippen LogP contribution in [0.15, 0.2) is 73.1 Å². The van der Waals surface area contributed by atoms with Gasteiger partial charge in [-0.1, -0.05) is 37.8 Å². The number of pyridine rings is 2. The summed E-state index contributed by atoms with van der Waals surface area (Å²) >= 11 is 0. The van der Waals surface area contributed by atoms with E-state index in [0.717, 1.165) is 93.4 Å². The number of hydrogen-bond acceptors (Lipinski definition) is 6. The Bertz CT molecular complexity index is 1950. The molecule has 2 aromatic carbocycles. The molecule has 1 amide bonds. The lowest BCUT2D eigenvalue weighted by Gasteiger charge is -2.52. The molecule has 2 heterocycles. The van der Waals surface area contributed by atoms with Crippen LogP contribution in [0, 0.1) is 36.5 Å². The second-order valence-corrected chi connectivity index (χ2v) is 15.7. The van der Waals surface area contributed by atoms with Gasteiger partial charge < -0.3 is 20.8 Å². The summed E-state index contributed by atoms with van der Waals surface area (Å²) in [5.41, 5.74) is 8.16. The molecule has 270 valence electrons. The maximum atomic E-state index is 13.0. The molecule has 4 N–H and O–H groups in total. The zero-order valence-electron chi connectivity index (χ0n) is 30.6. The number of carbonyl (C=O) groups excluding carboxylic acids is 1. The van der Waals surface area contributed by atoms with Crippen molar-refractivity contribution in [1.29, 1.82) is 0 Å². The van der Waals surface area contributed by atoms with Gasteiger partial charge in [-0.25, -0.2) is 0 Å². The highest BCUT2D eigenvalue weighted by molar-refractivity contribution is 5.94. The van der Waals surface area contributed by atoms with E-state index in [1.807, 2.05) is 60.9 Å². The van der Waals surface area contributed by atoms with E-state index in [-0.39, 0.29) is 17.1 Å². The normalized spacial score (nSPS) is 24.7. The first-order valence-electron chi connectivity index (χ1n) is 19.2. The van der Waals surface area contributed by atoms with Crippen LogP contribution in [0.25, 0.3) is 22.5 Å². The molecule has 0 unspecified atom stereocenters. The number of aromatic nitrogens is 2. The highest BCUT2D eigenvalue weighted by Crippen LogP contribution is 2.64. The number of nitrogens with one attached hydrogen (secondary N) is 2. The van der Waals surface area contributed by atoms with E-state index in [9.17, 15) is 15.0 Å². The first kappa shape index (κ1) is 35.9. The van der Waals surface area contributed by atoms with E-state index in [1.165, 1.54) is 22.3 Å². The second-order valence-electron chi connectivity index (χ2n) is 15.7. The summed E-state index contributed by atoms with van der Waals surface area (Å²) in [5, 5.41) is 28.7. The van der Waals surface area contributed by atoms with Gasteiger partial charge in [-0.05, 0) is 165 Å². The number of aryl methyl sites for hydroxylation is 2. The molecule has 7 nitrogen and oxygen atoms in total. The number of fused-ring (bicyclic) bond motifs is 5. The minimum Gasteiger partial charge on any atom is -0.508 e. The lowest BCUT2D eigenvalue weighted by molar-refractivity contribution is -0.0646. The summed E-state index contributed by atoms with van der Waals surface area (Å²) in [4.78, 5) is 22.0. The van der Waals surface area contributed by atoms with E-state index < -0.39 is 5.60 Å². The summed E-state index contributed by atoms with van der Waals surface area (Å²) in [6, 6.07) is 19.9. The number of hydrogen-bond donors (Lipinski definition) is 4. The predicted octanol–water partition coefficient (Wildman–Crippen LogP) is 8.13. The number of phenols is 1. The molecule has 2 aromatic heterocycles. The number of unbranched alkanes of at least 4 members (excludes halogenated alkanes) is 3. The quantitative estimate of drug-likeness (QED) is 0.0881. The summed E-state index contributed by atoms with van der Waals surface area (Å²) < 4.78 is 0. The van der Waals surface area contributed by atoms with Crippen molar-refractivity contribution < 1.29 is 15.0 Å². The fraction of sp³-hybridized carbons (Fsp3) is 0.444. The van der Waals surface area contributed by atoms with Crippen molar-refractivity contribution >= 4 is 5.91 Å². The second kappa shape index (κ2) is 15.2. The number of aliphatic hydroxyl groups is 1. The van der Waals surface area contributed by atoms with Crippen molar-refractivity contribution in [3.8, 4) is 40.6 Å². The van der Waals surface area contributed by atoms with Crippen molar-refractivity contribution in [3.05, 3.63) is 101 Å². The standard InChI is InChI=1S/C45H52N4O3/c1-4-45(52)20-16-39-36-14-13-34-27-35(50)28-38(42(34)37(36)15-19-44(39,45)3)32-9-11-33(12-10-32)43(51)49-22-8-6-5-7-21-46-29-31-18-24-48-41(26-31)40-25-30(2)17-23-47-40/h1,9-12,17-18,23-28,36-37,39,46,50,52H,5-8,13-16,19-22,29H2,2-3H3,(H,49,51)/t36-,37+,39+,44+,45-/m1/s1. The van der Waals surface area contributed by atoms with Crippen molar-refractivity contribution in [2.45, 2.75) is 96.1 Å². The Kier molecular flexibility index (Phi) is 10.5. The van der Waals surface area contributed by atoms with E-state index >= 15 is 0 Å². The molecule has 7 rings (SSSR count). The Morgan fingerprint density at radius 1 is 0.923 bits per heavy atom. The molecule has 3 aliphatic carbocycles. The molecule has 2 saturated carbocycles. The third-order valence-corrected chi connectivity index (χ3v) is 12.6. The third-order valence-electron chi connectivity index (χ3n) is 12.6. The van der Waals surface area contributed by atoms with Crippen LogP contribution in [0.1, 0.15) is 103 Å². The summed E-state index contributed by atoms with van der Waals surface area (Å²) in [7, 11) is 0. The van der Waals surface area contributed by atoms with E-state index in [0.29, 0.717) is 36.3 Å². The maximum Gasteiger partial charge on any atom is 0.251 e. The molecule has 0 spiro atoms. The number of nitrogens with zero attached hydrogens (tertiary/aromatic N) is 2. The van der Waals surface area contributed by atoms with Crippen molar-refractivity contribution in [2.75, 3.05) is 13.1 Å². The predicted molar refractivity (Wildman–Crippen MR) is 207 cm³/mol. The average molecular weight is 697 g/mol. The molecule has 5 atom stereocenters. The molecule has 0 bridgehead atoms. The summed E-state index contributed by atoms with van der Waals surface area (Å²) in [6.07, 6.45) is 19.2. The molecule has 7 heteroatoms. The van der Waals surface area contributed by atoms with Gasteiger partial charge in [-0.3, -0.25) is 14.8 Å². The van der Waals surface area contributed by atoms with Crippen LogP contribution in [0.4, 0.5) is 0 Å². The molecule has 2 fully saturated rings. The zero-order chi connectivity index (χ0) is 36.3. The number of rotatable bonds is 12. The number of amides is 1. The highest BCUT2D eigenvalue weighted by Gasteiger charge is 2.61. The minimum absolute atomic E-state index is 0.0578. The number of phenolic OH excluding ortho intramolecular Hbond substituents is 1. The smallest absolute Gasteiger partial charge is 0.251 e. The van der Waals surface area contributed by atoms with Crippen LogP contribution in [-0.2, 0) is 13.0 Å². The van der Waals surface area contributed by atoms with Gasteiger partial charge in [-0.15, -0.1) is 6.42 Å². The SMILES string of the molecule is C#C[C@@]1(O)CC[C@H]2[C@@H]3CCc4cc(O)cc(-c5ccc(C(=O)NCCCCCCNCc6ccnc(-c7cc(C)ccn7)c6)cc5)c4[C@H]3CC[C@@]21C. The Morgan fingerprint density at radius 2 is 1.67 bits per heavy atom. The maximum absolute atomic E-state index is 13.0. The molecule has 0 radical (unpaired) electrons. The van der Waals surface area contributed by atoms with Crippen LogP contribution in [0.5, 0.6) is 5.75 Å². The molecule has 52 heavy (non-hydrogen) atoms. The van der Waals surface area contributed by atoms with Gasteiger partial charge in [0.1, 0.15) is 11.4 Å². The molecule has 0 aliphatic heterocycles. The third kappa shape index (κ3) is 7.12. The first-order valence-corrected chi connectivity index (χ1v) is 19.2. The summed E-state index contributed by atoms with van der Waals surface area (Å²) in [5.74, 6) is 4.22. The zero-order valence-corrected chi connectivity index (χ0v) is 30.6. The number of carbonyl (C=O) groups is 1. The van der Waals surface area contributed by atoms with Gasteiger partial charge in [0.25, 0.3) is 5.91 Å². The molecule has 0 saturated heterocycles. The van der Waals surface area contributed by atoms with Crippen LogP contribution in [-0.4, -0.2) is 44.8 Å². The lowest BCUT2D eigenvalue weighted by Crippen LogP contribution is -2.50. The fourth-order valence-electron chi connectivity index (χ4n) is 9.67. The monoisotopic (exact) mass is 696 g/mol. The van der Waals surface area contributed by atoms with Crippen LogP contribution in [0.3, 0.4) is 0 Å². The van der Waals surface area contributed by atoms with Crippen LogP contribution < -0.4 is 10.6 Å². The largest absolute Gasteiger partial charge is 0.508 e. The van der Waals surface area contributed by atoms with Gasteiger partial charge in [-0.2, -0.15) is 0 Å². The highest BCUT2D eigenvalue weighted by atomic mass is 16.3. The van der Waals surface area contributed by atoms with Crippen molar-refractivity contribution in [1.82, 2.24) is 20.6 Å². The molecular weight excluding hydrogens is 645 g/mol. The Hall–Kier alpha value is -4.51. The van der Waals surface area contributed by atoms with Gasteiger partial charge in [0, 0.05) is 36.5 Å². The topological polar surface area (TPSA) is 107 Å². The van der Waals surface area contributed by atoms with Gasteiger partial charge in [0.15, 0.2) is 0 Å². The van der Waals surface area contributed by atoms with E-state index in [2.05, 4.69) is 52.5 Å². The van der Waals surface area contributed by atoms with Gasteiger partial charge in [0.05, 0.1) is 11.4 Å². The van der Waals surface area contributed by atoms with E-state index in [4.69, 9.17) is 6.42 Å². The van der Waals surface area contributed by atoms with Crippen LogP contribution >= 0.6 is 0 Å². The molecule has 3 aliphatic rings. The van der Waals surface area contributed by atoms with Crippen molar-refractivity contribution in [2.24, 2.45) is 17.3 Å². The van der Waals surface area contributed by atoms with Gasteiger partial charge >= 0.3 is 0 Å². The number of terminal acetylenes is 1. The average Bonchev–Trinajstić information content (AvgIpc) is 3.44. The summed E-state index contributed by atoms with van der Waals surface area (Å²) in [6.45, 7) is 6.66.